The van der Waals surface area contributed by atoms with E-state index in [0.717, 1.165) is 44.9 Å². The fraction of sp³-hybridized carbons (Fsp3) is 0.0556. The van der Waals surface area contributed by atoms with Crippen LogP contribution in [0.4, 0.5) is 11.4 Å². The summed E-state index contributed by atoms with van der Waals surface area (Å²) in [6.45, 7) is 0. The van der Waals surface area contributed by atoms with Gasteiger partial charge >= 0.3 is 0 Å². The lowest BCUT2D eigenvalue weighted by atomic mass is 10.0. The first-order chi connectivity index (χ1) is 20.8. The van der Waals surface area contributed by atoms with Gasteiger partial charge < -0.3 is 9.64 Å². The first-order valence-electron chi connectivity index (χ1n) is 13.8. The molecule has 2 unspecified atom stereocenters. The van der Waals surface area contributed by atoms with Crippen molar-refractivity contribution in [2.75, 3.05) is 4.90 Å². The van der Waals surface area contributed by atoms with Gasteiger partial charge in [-0.15, -0.1) is 0 Å². The van der Waals surface area contributed by atoms with Crippen LogP contribution in [0, 0.1) is 11.3 Å². The van der Waals surface area contributed by atoms with Gasteiger partial charge in [0.2, 0.25) is 0 Å². The van der Waals surface area contributed by atoms with Gasteiger partial charge in [0.05, 0.1) is 11.3 Å². The van der Waals surface area contributed by atoms with Crippen molar-refractivity contribution in [3.63, 3.8) is 0 Å². The lowest BCUT2D eigenvalue weighted by Crippen LogP contribution is -2.21. The van der Waals surface area contributed by atoms with E-state index in [2.05, 4.69) is 29.2 Å². The SMILES string of the molecule is N#Cc1ccc(-c2nc(-c3ccccc3)nc(-c3ccccc3)n2)cc1N1c2ccccc2C2Oc3ccccc3C21. The van der Waals surface area contributed by atoms with Gasteiger partial charge in [-0.2, -0.15) is 5.26 Å². The summed E-state index contributed by atoms with van der Waals surface area (Å²) in [5.74, 6) is 2.60. The number of nitrogens with zero attached hydrogens (tertiary/aromatic N) is 5. The van der Waals surface area contributed by atoms with Gasteiger partial charge in [0.15, 0.2) is 23.6 Å². The molecule has 5 aromatic carbocycles. The van der Waals surface area contributed by atoms with Crippen molar-refractivity contribution < 1.29 is 4.74 Å². The van der Waals surface area contributed by atoms with Crippen LogP contribution >= 0.6 is 0 Å². The Morgan fingerprint density at radius 1 is 0.571 bits per heavy atom. The highest BCUT2D eigenvalue weighted by atomic mass is 16.5. The molecule has 0 spiro atoms. The maximum absolute atomic E-state index is 10.3. The summed E-state index contributed by atoms with van der Waals surface area (Å²) in [5.41, 5.74) is 7.20. The molecule has 0 N–H and O–H groups in total. The van der Waals surface area contributed by atoms with E-state index in [0.29, 0.717) is 23.0 Å². The van der Waals surface area contributed by atoms with Gasteiger partial charge in [-0.3, -0.25) is 0 Å². The number of hydrogen-bond donors (Lipinski definition) is 0. The number of nitriles is 1. The molecule has 3 heterocycles. The van der Waals surface area contributed by atoms with Gasteiger partial charge in [-0.05, 0) is 30.3 Å². The van der Waals surface area contributed by atoms with Gasteiger partial charge in [-0.25, -0.2) is 15.0 Å². The van der Waals surface area contributed by atoms with E-state index in [1.807, 2.05) is 109 Å². The van der Waals surface area contributed by atoms with Crippen LogP contribution in [0.1, 0.15) is 28.8 Å². The first kappa shape index (κ1) is 24.0. The Morgan fingerprint density at radius 2 is 1.14 bits per heavy atom. The van der Waals surface area contributed by atoms with Crippen LogP contribution in [0.25, 0.3) is 34.2 Å². The van der Waals surface area contributed by atoms with E-state index in [9.17, 15) is 5.26 Å². The summed E-state index contributed by atoms with van der Waals surface area (Å²) in [4.78, 5) is 16.9. The minimum Gasteiger partial charge on any atom is -0.483 e. The molecule has 6 nitrogen and oxygen atoms in total. The molecule has 0 amide bonds. The largest absolute Gasteiger partial charge is 0.483 e. The van der Waals surface area contributed by atoms with Gasteiger partial charge in [0.1, 0.15) is 17.9 Å². The summed E-state index contributed by atoms with van der Waals surface area (Å²) < 4.78 is 6.47. The number of anilines is 2. The van der Waals surface area contributed by atoms with E-state index >= 15 is 0 Å². The zero-order valence-electron chi connectivity index (χ0n) is 22.4. The Morgan fingerprint density at radius 3 is 1.81 bits per heavy atom. The Kier molecular flexibility index (Phi) is 5.54. The highest BCUT2D eigenvalue weighted by molar-refractivity contribution is 5.81. The molecule has 0 saturated heterocycles. The van der Waals surface area contributed by atoms with Gasteiger partial charge in [-0.1, -0.05) is 97.1 Å². The van der Waals surface area contributed by atoms with Crippen LogP contribution in [0.15, 0.2) is 127 Å². The quantitative estimate of drug-likeness (QED) is 0.225. The zero-order chi connectivity index (χ0) is 28.0. The molecule has 6 heteroatoms. The highest BCUT2D eigenvalue weighted by Gasteiger charge is 2.47. The summed E-state index contributed by atoms with van der Waals surface area (Å²) in [6.07, 6.45) is -0.166. The van der Waals surface area contributed by atoms with Crippen molar-refractivity contribution in [2.24, 2.45) is 0 Å². The topological polar surface area (TPSA) is 74.9 Å². The van der Waals surface area contributed by atoms with Crippen LogP contribution in [0.2, 0.25) is 0 Å². The van der Waals surface area contributed by atoms with Crippen LogP contribution in [0.5, 0.6) is 5.75 Å². The predicted molar refractivity (Wildman–Crippen MR) is 162 cm³/mol. The van der Waals surface area contributed by atoms with E-state index in [1.165, 1.54) is 0 Å². The third-order valence-electron chi connectivity index (χ3n) is 7.89. The average molecular weight is 542 g/mol. The van der Waals surface area contributed by atoms with Crippen molar-refractivity contribution >= 4 is 11.4 Å². The number of rotatable bonds is 4. The lowest BCUT2D eigenvalue weighted by molar-refractivity contribution is 0.223. The summed E-state index contributed by atoms with van der Waals surface area (Å²) in [6, 6.07) is 44.4. The van der Waals surface area contributed by atoms with Crippen LogP contribution in [0.3, 0.4) is 0 Å². The molecule has 198 valence electrons. The van der Waals surface area contributed by atoms with Crippen molar-refractivity contribution in [1.29, 1.82) is 5.26 Å². The molecule has 2 aliphatic rings. The second-order valence-corrected chi connectivity index (χ2v) is 10.3. The molecular formula is C36H23N5O. The molecular weight excluding hydrogens is 518 g/mol. The number of para-hydroxylation sites is 2. The second kappa shape index (κ2) is 9.69. The minimum absolute atomic E-state index is 0.0981. The number of ether oxygens (including phenoxy) is 1. The summed E-state index contributed by atoms with van der Waals surface area (Å²) in [5, 5.41) is 10.3. The molecule has 0 aliphatic carbocycles. The molecule has 0 radical (unpaired) electrons. The predicted octanol–water partition coefficient (Wildman–Crippen LogP) is 8.07. The zero-order valence-corrected chi connectivity index (χ0v) is 22.4. The fourth-order valence-corrected chi connectivity index (χ4v) is 5.98. The van der Waals surface area contributed by atoms with Crippen molar-refractivity contribution in [1.82, 2.24) is 15.0 Å². The van der Waals surface area contributed by atoms with E-state index in [-0.39, 0.29) is 12.1 Å². The van der Waals surface area contributed by atoms with E-state index in [1.54, 1.807) is 0 Å². The molecule has 0 fully saturated rings. The Balaban J connectivity index is 1.32. The van der Waals surface area contributed by atoms with Crippen LogP contribution in [-0.4, -0.2) is 15.0 Å². The number of benzene rings is 5. The maximum atomic E-state index is 10.3. The molecule has 0 bridgehead atoms. The third kappa shape index (κ3) is 3.83. The lowest BCUT2D eigenvalue weighted by Gasteiger charge is -2.28. The standard InChI is InChI=1S/C36H23N5O/c37-22-26-20-19-25(36-39-34(23-11-3-1-4-12-23)38-35(40-36)24-13-5-2-6-14-24)21-30(26)41-29-17-9-7-15-27(29)33-32(41)28-16-8-10-18-31(28)42-33/h1-21,32-33H. The average Bonchev–Trinajstić information content (AvgIpc) is 3.60. The molecule has 2 atom stereocenters. The van der Waals surface area contributed by atoms with Gasteiger partial charge in [0, 0.05) is 33.5 Å². The van der Waals surface area contributed by atoms with E-state index in [4.69, 9.17) is 19.7 Å². The third-order valence-corrected chi connectivity index (χ3v) is 7.89. The second-order valence-electron chi connectivity index (χ2n) is 10.3. The highest BCUT2D eigenvalue weighted by Crippen LogP contribution is 2.59. The monoisotopic (exact) mass is 541 g/mol. The minimum atomic E-state index is -0.166. The van der Waals surface area contributed by atoms with Crippen molar-refractivity contribution in [3.8, 4) is 46.0 Å². The van der Waals surface area contributed by atoms with Gasteiger partial charge in [0.25, 0.3) is 0 Å². The molecule has 8 rings (SSSR count). The van der Waals surface area contributed by atoms with Crippen LogP contribution < -0.4 is 9.64 Å². The molecule has 0 saturated carbocycles. The molecule has 42 heavy (non-hydrogen) atoms. The Bertz CT molecular complexity index is 1940. The maximum Gasteiger partial charge on any atom is 0.164 e. The number of fused-ring (bicyclic) bond motifs is 5. The number of hydrogen-bond acceptors (Lipinski definition) is 6. The summed E-state index contributed by atoms with van der Waals surface area (Å²) in [7, 11) is 0. The van der Waals surface area contributed by atoms with Crippen molar-refractivity contribution in [3.05, 3.63) is 144 Å². The Labute approximate surface area is 243 Å². The Hall–Kier alpha value is -5.80. The van der Waals surface area contributed by atoms with Crippen LogP contribution in [-0.2, 0) is 0 Å². The molecule has 2 aliphatic heterocycles. The van der Waals surface area contributed by atoms with E-state index < -0.39 is 0 Å². The normalized spacial score (nSPS) is 16.2. The smallest absolute Gasteiger partial charge is 0.164 e. The summed E-state index contributed by atoms with van der Waals surface area (Å²) >= 11 is 0. The molecule has 6 aromatic rings. The molecule has 1 aromatic heterocycles. The first-order valence-corrected chi connectivity index (χ1v) is 13.8. The van der Waals surface area contributed by atoms with Crippen molar-refractivity contribution in [2.45, 2.75) is 12.1 Å². The fourth-order valence-electron chi connectivity index (χ4n) is 5.98. The number of aromatic nitrogens is 3.